The molecule has 0 aliphatic carbocycles. The molecule has 0 aliphatic rings. The molecule has 3 N–H and O–H groups in total. The van der Waals surface area contributed by atoms with E-state index in [1.807, 2.05) is 5.32 Å². The Balaban J connectivity index is 4.41. The molecule has 0 radical (unpaired) electrons. The van der Waals surface area contributed by atoms with E-state index >= 15 is 0 Å². The number of nitrogens with two attached hydrogens (primary N) is 1. The number of halogens is 3. The molecule has 11 heavy (non-hydrogen) atoms. The predicted octanol–water partition coefficient (Wildman–Crippen LogP) is 0.415. The highest BCUT2D eigenvalue weighted by atomic mass is 19.4. The molecule has 3 nitrogen and oxygen atoms in total. The van der Waals surface area contributed by atoms with Gasteiger partial charge in [-0.25, -0.2) is 5.84 Å². The molecule has 0 aromatic rings. The van der Waals surface area contributed by atoms with Gasteiger partial charge < -0.3 is 10.3 Å². The van der Waals surface area contributed by atoms with Crippen molar-refractivity contribution < 1.29 is 13.2 Å². The van der Waals surface area contributed by atoms with Gasteiger partial charge in [-0.15, -0.1) is 0 Å². The molecule has 0 aromatic heterocycles. The molecule has 0 bridgehead atoms. The number of alkyl halides is 3. The van der Waals surface area contributed by atoms with Crippen molar-refractivity contribution in [3.05, 3.63) is 11.9 Å². The number of hydrogen-bond donors (Lipinski definition) is 2. The lowest BCUT2D eigenvalue weighted by molar-refractivity contribution is -0.0971. The molecule has 0 spiro atoms. The van der Waals surface area contributed by atoms with E-state index in [2.05, 4.69) is 0 Å². The predicted molar refractivity (Wildman–Crippen MR) is 35.1 cm³/mol. The maximum atomic E-state index is 11.9. The van der Waals surface area contributed by atoms with Crippen LogP contribution in [0.5, 0.6) is 0 Å². The minimum absolute atomic E-state index is 0.764. The van der Waals surface area contributed by atoms with Gasteiger partial charge in [0, 0.05) is 20.3 Å². The molecule has 0 heterocycles. The summed E-state index contributed by atoms with van der Waals surface area (Å²) >= 11 is 0. The zero-order valence-corrected chi connectivity index (χ0v) is 6.24. The highest BCUT2D eigenvalue weighted by Gasteiger charge is 2.33. The van der Waals surface area contributed by atoms with Crippen LogP contribution >= 0.6 is 0 Å². The second-order valence-corrected chi connectivity index (χ2v) is 1.96. The molecule has 66 valence electrons. The largest absolute Gasteiger partial charge is 0.432 e. The third-order valence-electron chi connectivity index (χ3n) is 0.907. The number of rotatable bonds is 2. The van der Waals surface area contributed by atoms with Crippen LogP contribution < -0.4 is 11.2 Å². The summed E-state index contributed by atoms with van der Waals surface area (Å²) in [5.41, 5.74) is -0.873. The van der Waals surface area contributed by atoms with Crippen LogP contribution in [0.3, 0.4) is 0 Å². The van der Waals surface area contributed by atoms with E-state index in [9.17, 15) is 13.2 Å². The molecule has 0 atom stereocenters. The van der Waals surface area contributed by atoms with Crippen LogP contribution in [-0.2, 0) is 0 Å². The Morgan fingerprint density at radius 1 is 1.55 bits per heavy atom. The van der Waals surface area contributed by atoms with Crippen LogP contribution in [0.2, 0.25) is 0 Å². The summed E-state index contributed by atoms with van der Waals surface area (Å²) in [5, 5.41) is 2.82. The van der Waals surface area contributed by atoms with E-state index in [-0.39, 0.29) is 0 Å². The normalized spacial score (nSPS) is 13.1. The van der Waals surface area contributed by atoms with Crippen molar-refractivity contribution in [3.63, 3.8) is 0 Å². The third-order valence-corrected chi connectivity index (χ3v) is 0.907. The van der Waals surface area contributed by atoms with Gasteiger partial charge in [0.05, 0.1) is 0 Å². The first-order chi connectivity index (χ1) is 4.88. The highest BCUT2D eigenvalue weighted by Crippen LogP contribution is 2.22. The molecular weight excluding hydrogens is 159 g/mol. The van der Waals surface area contributed by atoms with Gasteiger partial charge in [-0.1, -0.05) is 0 Å². The van der Waals surface area contributed by atoms with Crippen molar-refractivity contribution in [2.45, 2.75) is 6.18 Å². The molecule has 0 rings (SSSR count). The van der Waals surface area contributed by atoms with Crippen molar-refractivity contribution in [2.24, 2.45) is 5.84 Å². The van der Waals surface area contributed by atoms with E-state index in [1.165, 1.54) is 14.1 Å². The Labute approximate surface area is 62.6 Å². The van der Waals surface area contributed by atoms with Gasteiger partial charge in [0.25, 0.3) is 0 Å². The maximum absolute atomic E-state index is 11.9. The van der Waals surface area contributed by atoms with Crippen LogP contribution in [0.15, 0.2) is 11.9 Å². The Kier molecular flexibility index (Phi) is 3.18. The summed E-state index contributed by atoms with van der Waals surface area (Å²) < 4.78 is 35.6. The highest BCUT2D eigenvalue weighted by molar-refractivity contribution is 5.04. The average Bonchev–Trinajstić information content (AvgIpc) is 1.79. The van der Waals surface area contributed by atoms with Crippen LogP contribution in [0.25, 0.3) is 0 Å². The van der Waals surface area contributed by atoms with Crippen molar-refractivity contribution in [3.8, 4) is 0 Å². The minimum Gasteiger partial charge on any atom is -0.383 e. The third kappa shape index (κ3) is 3.72. The molecule has 0 aromatic carbocycles. The zero-order chi connectivity index (χ0) is 9.07. The van der Waals surface area contributed by atoms with E-state index < -0.39 is 11.9 Å². The van der Waals surface area contributed by atoms with Gasteiger partial charge in [-0.05, 0) is 0 Å². The van der Waals surface area contributed by atoms with Gasteiger partial charge in [0.1, 0.15) is 5.70 Å². The van der Waals surface area contributed by atoms with Gasteiger partial charge in [-0.2, -0.15) is 13.2 Å². The van der Waals surface area contributed by atoms with Crippen molar-refractivity contribution in [1.29, 1.82) is 0 Å². The fraction of sp³-hybridized carbons (Fsp3) is 0.600. The Hall–Kier alpha value is -0.910. The Morgan fingerprint density at radius 3 is 2.09 bits per heavy atom. The zero-order valence-electron chi connectivity index (χ0n) is 6.24. The second kappa shape index (κ2) is 3.47. The summed E-state index contributed by atoms with van der Waals surface area (Å²) in [4.78, 5) is 0. The first-order valence-corrected chi connectivity index (χ1v) is 2.82. The van der Waals surface area contributed by atoms with Gasteiger partial charge in [0.2, 0.25) is 0 Å². The molecule has 6 heteroatoms. The van der Waals surface area contributed by atoms with Crippen molar-refractivity contribution >= 4 is 0 Å². The summed E-state index contributed by atoms with van der Waals surface area (Å²) in [7, 11) is 2.49. The molecule has 0 saturated carbocycles. The number of hydrogen-bond acceptors (Lipinski definition) is 3. The summed E-state index contributed by atoms with van der Waals surface area (Å²) in [6.07, 6.45) is -3.61. The quantitative estimate of drug-likeness (QED) is 0.465. The maximum Gasteiger partial charge on any atom is 0.432 e. The average molecular weight is 169 g/mol. The second-order valence-electron chi connectivity index (χ2n) is 1.96. The fourth-order valence-corrected chi connectivity index (χ4v) is 0.483. The summed E-state index contributed by atoms with van der Waals surface area (Å²) in [6, 6.07) is 0. The molecule has 0 amide bonds. The van der Waals surface area contributed by atoms with Crippen LogP contribution in [-0.4, -0.2) is 25.3 Å². The van der Waals surface area contributed by atoms with Crippen LogP contribution in [0.4, 0.5) is 13.2 Å². The monoisotopic (exact) mass is 169 g/mol. The fourth-order valence-electron chi connectivity index (χ4n) is 0.483. The van der Waals surface area contributed by atoms with Gasteiger partial charge >= 0.3 is 6.18 Å². The van der Waals surface area contributed by atoms with Crippen molar-refractivity contribution in [2.75, 3.05) is 14.1 Å². The summed E-state index contributed by atoms with van der Waals surface area (Å²) in [5.74, 6) is 4.98. The van der Waals surface area contributed by atoms with E-state index in [0.717, 1.165) is 11.2 Å². The van der Waals surface area contributed by atoms with E-state index in [4.69, 9.17) is 5.84 Å². The van der Waals surface area contributed by atoms with E-state index in [0.29, 0.717) is 0 Å². The number of hydrazine groups is 1. The Morgan fingerprint density at radius 2 is 2.00 bits per heavy atom. The first kappa shape index (κ1) is 10.1. The molecule has 0 saturated heterocycles. The molecule has 0 aliphatic heterocycles. The molecule has 0 unspecified atom stereocenters. The first-order valence-electron chi connectivity index (χ1n) is 2.82. The van der Waals surface area contributed by atoms with Gasteiger partial charge in [0.15, 0.2) is 0 Å². The standard InChI is InChI=1S/C5H10F3N3/c1-10-4(3-11(2)9)5(6,7)8/h3,10H,9H2,1-2H3/b4-3-. The van der Waals surface area contributed by atoms with Gasteiger partial charge in [-0.3, -0.25) is 0 Å². The van der Waals surface area contributed by atoms with Crippen LogP contribution in [0, 0.1) is 0 Å². The van der Waals surface area contributed by atoms with Crippen LogP contribution in [0.1, 0.15) is 0 Å². The number of allylic oxidation sites excluding steroid dienone is 1. The lowest BCUT2D eigenvalue weighted by atomic mass is 10.4. The number of nitrogens with zero attached hydrogens (tertiary/aromatic N) is 1. The number of nitrogens with one attached hydrogen (secondary N) is 1. The lowest BCUT2D eigenvalue weighted by Crippen LogP contribution is -2.28. The Bertz CT molecular complexity index is 150. The molecule has 0 fully saturated rings. The topological polar surface area (TPSA) is 41.3 Å². The molecular formula is C5H10F3N3. The lowest BCUT2D eigenvalue weighted by Gasteiger charge is -2.13. The minimum atomic E-state index is -4.37. The van der Waals surface area contributed by atoms with E-state index in [1.54, 1.807) is 0 Å². The smallest absolute Gasteiger partial charge is 0.383 e. The summed E-state index contributed by atoms with van der Waals surface area (Å²) in [6.45, 7) is 0. The SMILES string of the molecule is CN/C(=C\N(C)N)C(F)(F)F. The van der Waals surface area contributed by atoms with Crippen molar-refractivity contribution in [1.82, 2.24) is 10.3 Å².